The summed E-state index contributed by atoms with van der Waals surface area (Å²) in [5.74, 6) is -2.55. The molecule has 18 heavy (non-hydrogen) atoms. The first kappa shape index (κ1) is 12.4. The highest BCUT2D eigenvalue weighted by atomic mass is 19.1. The van der Waals surface area contributed by atoms with Crippen molar-refractivity contribution in [2.45, 2.75) is 6.92 Å². The Morgan fingerprint density at radius 1 is 0.944 bits per heavy atom. The molecule has 0 radical (unpaired) electrons. The molecule has 0 saturated heterocycles. The molecule has 92 valence electrons. The van der Waals surface area contributed by atoms with Crippen molar-refractivity contribution in [3.8, 4) is 11.1 Å². The van der Waals surface area contributed by atoms with E-state index in [4.69, 9.17) is 0 Å². The number of carbonyl (C=O) groups excluding carboxylic acids is 1. The van der Waals surface area contributed by atoms with Crippen LogP contribution in [0, 0.1) is 17.5 Å². The molecule has 0 aliphatic carbocycles. The summed E-state index contributed by atoms with van der Waals surface area (Å²) in [4.78, 5) is 11.2. The van der Waals surface area contributed by atoms with Crippen molar-refractivity contribution in [2.24, 2.45) is 0 Å². The molecule has 4 heteroatoms. The summed E-state index contributed by atoms with van der Waals surface area (Å²) in [5, 5.41) is 0. The van der Waals surface area contributed by atoms with Crippen molar-refractivity contribution in [3.05, 3.63) is 59.4 Å². The van der Waals surface area contributed by atoms with Crippen molar-refractivity contribution >= 4 is 5.78 Å². The van der Waals surface area contributed by atoms with Gasteiger partial charge in [-0.25, -0.2) is 13.2 Å². The fourth-order valence-electron chi connectivity index (χ4n) is 1.69. The maximum absolute atomic E-state index is 13.6. The minimum absolute atomic E-state index is 0.115. The van der Waals surface area contributed by atoms with E-state index < -0.39 is 23.2 Å². The Morgan fingerprint density at radius 3 is 2.28 bits per heavy atom. The Kier molecular flexibility index (Phi) is 3.19. The number of hydrogen-bond donors (Lipinski definition) is 0. The molecule has 1 nitrogen and oxygen atoms in total. The van der Waals surface area contributed by atoms with Gasteiger partial charge >= 0.3 is 0 Å². The van der Waals surface area contributed by atoms with Crippen molar-refractivity contribution in [1.82, 2.24) is 0 Å². The molecule has 0 heterocycles. The third kappa shape index (κ3) is 2.27. The molecular weight excluding hydrogens is 241 g/mol. The zero-order chi connectivity index (χ0) is 13.3. The lowest BCUT2D eigenvalue weighted by Crippen LogP contribution is -1.98. The molecule has 2 aromatic rings. The molecule has 0 aliphatic rings. The molecular formula is C14H9F3O. The molecule has 0 fully saturated rings. The second-order valence-corrected chi connectivity index (χ2v) is 3.87. The van der Waals surface area contributed by atoms with Gasteiger partial charge in [-0.15, -0.1) is 0 Å². The van der Waals surface area contributed by atoms with E-state index in [1.54, 1.807) is 0 Å². The highest BCUT2D eigenvalue weighted by Crippen LogP contribution is 2.25. The molecule has 2 rings (SSSR count). The number of benzene rings is 2. The summed E-state index contributed by atoms with van der Waals surface area (Å²) < 4.78 is 39.7. The van der Waals surface area contributed by atoms with E-state index in [0.29, 0.717) is 5.56 Å². The van der Waals surface area contributed by atoms with Crippen LogP contribution in [0.4, 0.5) is 13.2 Å². The van der Waals surface area contributed by atoms with E-state index in [0.717, 1.165) is 18.2 Å². The monoisotopic (exact) mass is 250 g/mol. The van der Waals surface area contributed by atoms with Gasteiger partial charge in [0.15, 0.2) is 5.78 Å². The topological polar surface area (TPSA) is 17.1 Å². The zero-order valence-electron chi connectivity index (χ0n) is 9.51. The Labute approximate surface area is 102 Å². The predicted molar refractivity (Wildman–Crippen MR) is 61.8 cm³/mol. The summed E-state index contributed by atoms with van der Waals surface area (Å²) >= 11 is 0. The van der Waals surface area contributed by atoms with Gasteiger partial charge in [-0.1, -0.05) is 6.07 Å². The third-order valence-corrected chi connectivity index (χ3v) is 2.59. The van der Waals surface area contributed by atoms with Gasteiger partial charge in [0.2, 0.25) is 0 Å². The number of Topliss-reactive ketones (excluding diaryl/α,β-unsaturated/α-hetero) is 1. The van der Waals surface area contributed by atoms with Crippen molar-refractivity contribution < 1.29 is 18.0 Å². The smallest absolute Gasteiger partial charge is 0.162 e. The van der Waals surface area contributed by atoms with E-state index >= 15 is 0 Å². The standard InChI is InChI=1S/C14H9F3O/c1-8(18)12-6-9(2-5-13(12)16)11-4-3-10(15)7-14(11)17/h2-7H,1H3. The van der Waals surface area contributed by atoms with Crippen LogP contribution in [0.15, 0.2) is 36.4 Å². The summed E-state index contributed by atoms with van der Waals surface area (Å²) in [6.07, 6.45) is 0. The van der Waals surface area contributed by atoms with E-state index in [-0.39, 0.29) is 11.1 Å². The van der Waals surface area contributed by atoms with Gasteiger partial charge in [0.05, 0.1) is 5.56 Å². The van der Waals surface area contributed by atoms with Crippen LogP contribution in [0.2, 0.25) is 0 Å². The molecule has 0 amide bonds. The van der Waals surface area contributed by atoms with Crippen LogP contribution in [0.5, 0.6) is 0 Å². The Hall–Kier alpha value is -2.10. The third-order valence-electron chi connectivity index (χ3n) is 2.59. The van der Waals surface area contributed by atoms with E-state index in [2.05, 4.69) is 0 Å². The van der Waals surface area contributed by atoms with Gasteiger partial charge in [0, 0.05) is 11.6 Å². The quantitative estimate of drug-likeness (QED) is 0.737. The molecule has 0 saturated carbocycles. The minimum atomic E-state index is -0.754. The molecule has 0 aromatic heterocycles. The average molecular weight is 250 g/mol. The molecule has 0 atom stereocenters. The number of hydrogen-bond acceptors (Lipinski definition) is 1. The van der Waals surface area contributed by atoms with Crippen LogP contribution >= 0.6 is 0 Å². The summed E-state index contributed by atoms with van der Waals surface area (Å²) in [5.41, 5.74) is 0.342. The zero-order valence-corrected chi connectivity index (χ0v) is 9.51. The molecule has 0 N–H and O–H groups in total. The lowest BCUT2D eigenvalue weighted by atomic mass is 10.0. The van der Waals surface area contributed by atoms with E-state index in [9.17, 15) is 18.0 Å². The first-order chi connectivity index (χ1) is 8.49. The van der Waals surface area contributed by atoms with Crippen LogP contribution in [0.3, 0.4) is 0 Å². The first-order valence-corrected chi connectivity index (χ1v) is 5.25. The van der Waals surface area contributed by atoms with E-state index in [1.165, 1.54) is 25.1 Å². The van der Waals surface area contributed by atoms with Gasteiger partial charge in [0.25, 0.3) is 0 Å². The summed E-state index contributed by atoms with van der Waals surface area (Å²) in [7, 11) is 0. The van der Waals surface area contributed by atoms with Crippen molar-refractivity contribution in [2.75, 3.05) is 0 Å². The van der Waals surface area contributed by atoms with Crippen molar-refractivity contribution in [3.63, 3.8) is 0 Å². The number of ketones is 1. The lowest BCUT2D eigenvalue weighted by Gasteiger charge is -2.06. The first-order valence-electron chi connectivity index (χ1n) is 5.25. The average Bonchev–Trinajstić information content (AvgIpc) is 2.30. The van der Waals surface area contributed by atoms with Crippen LogP contribution < -0.4 is 0 Å². The lowest BCUT2D eigenvalue weighted by molar-refractivity contribution is 0.101. The maximum atomic E-state index is 13.6. The fraction of sp³-hybridized carbons (Fsp3) is 0.0714. The number of halogens is 3. The van der Waals surface area contributed by atoms with Crippen LogP contribution in [-0.2, 0) is 0 Å². The highest BCUT2D eigenvalue weighted by Gasteiger charge is 2.12. The van der Waals surface area contributed by atoms with Crippen LogP contribution in [-0.4, -0.2) is 5.78 Å². The van der Waals surface area contributed by atoms with E-state index in [1.807, 2.05) is 0 Å². The number of rotatable bonds is 2. The van der Waals surface area contributed by atoms with Crippen molar-refractivity contribution in [1.29, 1.82) is 0 Å². The van der Waals surface area contributed by atoms with Gasteiger partial charge in [-0.05, 0) is 36.8 Å². The molecule has 2 aromatic carbocycles. The fourth-order valence-corrected chi connectivity index (χ4v) is 1.69. The second kappa shape index (κ2) is 4.64. The highest BCUT2D eigenvalue weighted by molar-refractivity contribution is 5.95. The summed E-state index contributed by atoms with van der Waals surface area (Å²) in [6, 6.07) is 6.80. The summed E-state index contributed by atoms with van der Waals surface area (Å²) in [6.45, 7) is 1.23. The maximum Gasteiger partial charge on any atom is 0.162 e. The van der Waals surface area contributed by atoms with Crippen LogP contribution in [0.1, 0.15) is 17.3 Å². The Bertz CT molecular complexity index is 620. The largest absolute Gasteiger partial charge is 0.294 e. The minimum Gasteiger partial charge on any atom is -0.294 e. The van der Waals surface area contributed by atoms with Gasteiger partial charge < -0.3 is 0 Å². The molecule has 0 aliphatic heterocycles. The van der Waals surface area contributed by atoms with Gasteiger partial charge in [-0.3, -0.25) is 4.79 Å². The second-order valence-electron chi connectivity index (χ2n) is 3.87. The molecule has 0 unspecified atom stereocenters. The Morgan fingerprint density at radius 2 is 1.67 bits per heavy atom. The molecule has 0 bridgehead atoms. The Balaban J connectivity index is 2.58. The number of carbonyl (C=O) groups is 1. The SMILES string of the molecule is CC(=O)c1cc(-c2ccc(F)cc2F)ccc1F. The predicted octanol–water partition coefficient (Wildman–Crippen LogP) is 3.97. The van der Waals surface area contributed by atoms with Gasteiger partial charge in [-0.2, -0.15) is 0 Å². The van der Waals surface area contributed by atoms with Crippen LogP contribution in [0.25, 0.3) is 11.1 Å². The molecule has 0 spiro atoms. The van der Waals surface area contributed by atoms with Gasteiger partial charge in [0.1, 0.15) is 17.5 Å². The normalized spacial score (nSPS) is 10.4.